The Bertz CT molecular complexity index is 1410. The van der Waals surface area contributed by atoms with Crippen molar-refractivity contribution in [3.05, 3.63) is 53.6 Å². The van der Waals surface area contributed by atoms with Crippen LogP contribution in [0.5, 0.6) is 0 Å². The quantitative estimate of drug-likeness (QED) is 0.397. The first-order valence-corrected chi connectivity index (χ1v) is 11.6. The van der Waals surface area contributed by atoms with Crippen molar-refractivity contribution in [2.45, 2.75) is 50.0 Å². The average molecular weight is 481 g/mol. The predicted molar refractivity (Wildman–Crippen MR) is 130 cm³/mol. The average Bonchev–Trinajstić information content (AvgIpc) is 3.53. The van der Waals surface area contributed by atoms with E-state index in [2.05, 4.69) is 28.6 Å². The molecular weight excluding hydrogens is 451 g/mol. The fraction of sp³-hybridized carbons (Fsp3) is 0.423. The van der Waals surface area contributed by atoms with Gasteiger partial charge >= 0.3 is 5.97 Å². The number of ether oxygens (including phenoxy) is 2. The summed E-state index contributed by atoms with van der Waals surface area (Å²) in [5.74, 6) is -1.37. The summed E-state index contributed by atoms with van der Waals surface area (Å²) in [5, 5.41) is 17.9. The van der Waals surface area contributed by atoms with Crippen molar-refractivity contribution in [1.29, 1.82) is 0 Å². The minimum atomic E-state index is -1.24. The van der Waals surface area contributed by atoms with Crippen LogP contribution in [0.2, 0.25) is 0 Å². The van der Waals surface area contributed by atoms with Crippen LogP contribution >= 0.6 is 0 Å². The molecule has 0 aliphatic heterocycles. The number of rotatable bonds is 7. The number of aromatic amines is 1. The van der Waals surface area contributed by atoms with E-state index >= 15 is 0 Å². The highest BCUT2D eigenvalue weighted by Crippen LogP contribution is 2.49. The van der Waals surface area contributed by atoms with Gasteiger partial charge < -0.3 is 19.1 Å². The van der Waals surface area contributed by atoms with Gasteiger partial charge in [0.2, 0.25) is 0 Å². The Kier molecular flexibility index (Phi) is 5.64. The summed E-state index contributed by atoms with van der Waals surface area (Å²) in [6.07, 6.45) is 3.10. The maximum Gasteiger partial charge on any atom is 0.335 e. The van der Waals surface area contributed by atoms with Gasteiger partial charge in [-0.25, -0.2) is 14.2 Å². The molecule has 9 heteroatoms. The van der Waals surface area contributed by atoms with Crippen molar-refractivity contribution >= 4 is 28.0 Å². The highest BCUT2D eigenvalue weighted by molar-refractivity contribution is 5.94. The Morgan fingerprint density at radius 3 is 2.69 bits per heavy atom. The van der Waals surface area contributed by atoms with Crippen LogP contribution in [0.1, 0.15) is 50.3 Å². The van der Waals surface area contributed by atoms with Crippen LogP contribution in [0.15, 0.2) is 36.5 Å². The van der Waals surface area contributed by atoms with Crippen molar-refractivity contribution in [3.63, 3.8) is 0 Å². The van der Waals surface area contributed by atoms with Crippen LogP contribution in [0.3, 0.4) is 0 Å². The molecule has 1 aliphatic rings. The van der Waals surface area contributed by atoms with Crippen molar-refractivity contribution in [2.75, 3.05) is 20.8 Å². The molecule has 2 N–H and O–H groups in total. The summed E-state index contributed by atoms with van der Waals surface area (Å²) in [7, 11) is 3.12. The lowest BCUT2D eigenvalue weighted by atomic mass is 9.82. The highest BCUT2D eigenvalue weighted by Gasteiger charge is 2.48. The number of carboxylic acid groups (broad SMARTS) is 1. The Balaban J connectivity index is 1.86. The Hall–Kier alpha value is -3.30. The van der Waals surface area contributed by atoms with E-state index in [0.717, 1.165) is 33.4 Å². The van der Waals surface area contributed by atoms with Gasteiger partial charge in [-0.2, -0.15) is 5.10 Å². The van der Waals surface area contributed by atoms with Gasteiger partial charge in [-0.1, -0.05) is 13.8 Å². The molecular formula is C26H29FN4O4. The lowest BCUT2D eigenvalue weighted by molar-refractivity contribution is -0.161. The maximum absolute atomic E-state index is 13.9. The Labute approximate surface area is 202 Å². The number of hydrogen-bond donors (Lipinski definition) is 2. The molecule has 5 rings (SSSR count). The number of carboxylic acids is 1. The topological polar surface area (TPSA) is 102 Å². The largest absolute Gasteiger partial charge is 0.479 e. The summed E-state index contributed by atoms with van der Waals surface area (Å²) in [5.41, 5.74) is 3.31. The van der Waals surface area contributed by atoms with E-state index in [9.17, 15) is 14.3 Å². The zero-order chi connectivity index (χ0) is 25.0. The van der Waals surface area contributed by atoms with Gasteiger partial charge in [0.1, 0.15) is 5.82 Å². The number of aliphatic carboxylic acids is 1. The van der Waals surface area contributed by atoms with Crippen molar-refractivity contribution in [3.8, 4) is 5.69 Å². The molecule has 0 radical (unpaired) electrons. The number of benzene rings is 1. The summed E-state index contributed by atoms with van der Waals surface area (Å²) in [6.45, 7) is 4.62. The lowest BCUT2D eigenvalue weighted by Gasteiger charge is -2.30. The van der Waals surface area contributed by atoms with Gasteiger partial charge in [0.15, 0.2) is 11.2 Å². The van der Waals surface area contributed by atoms with E-state index in [1.54, 1.807) is 25.4 Å². The molecule has 35 heavy (non-hydrogen) atoms. The SMILES string of the molecule is COCC(C)(C)c1c(C2CC[C@@](OC)(C(=O)O)C2)c2nc3[nH]ncc3cc2n1-c1ccc(F)cc1. The van der Waals surface area contributed by atoms with Gasteiger partial charge in [-0.3, -0.25) is 5.10 Å². The van der Waals surface area contributed by atoms with Crippen molar-refractivity contribution in [2.24, 2.45) is 0 Å². The molecule has 0 amide bonds. The molecule has 184 valence electrons. The minimum absolute atomic E-state index is 0.103. The van der Waals surface area contributed by atoms with E-state index in [1.165, 1.54) is 19.2 Å². The maximum atomic E-state index is 13.9. The number of pyridine rings is 1. The van der Waals surface area contributed by atoms with E-state index in [0.29, 0.717) is 31.5 Å². The monoisotopic (exact) mass is 480 g/mol. The number of fused-ring (bicyclic) bond motifs is 2. The standard InChI is InChI=1S/C26H29FN4O4/c1-25(2,14-34-3)22-20(15-9-10-26(12-15,35-4)24(32)33)21-19(11-16-13-28-30-23(16)29-21)31(22)18-7-5-17(27)6-8-18/h5-8,11,13,15H,9-10,12,14H2,1-4H3,(H,32,33)(H,28,29,30)/t15?,26-/m0/s1. The van der Waals surface area contributed by atoms with Crippen LogP contribution in [0.4, 0.5) is 4.39 Å². The summed E-state index contributed by atoms with van der Waals surface area (Å²) in [6, 6.07) is 8.39. The van der Waals surface area contributed by atoms with Crippen LogP contribution in [0.25, 0.3) is 27.8 Å². The zero-order valence-corrected chi connectivity index (χ0v) is 20.3. The number of carbonyl (C=O) groups is 1. The molecule has 4 aromatic rings. The van der Waals surface area contributed by atoms with E-state index in [-0.39, 0.29) is 11.7 Å². The second kappa shape index (κ2) is 8.42. The van der Waals surface area contributed by atoms with Crippen LogP contribution in [-0.4, -0.2) is 57.3 Å². The van der Waals surface area contributed by atoms with Gasteiger partial charge in [0.25, 0.3) is 0 Å². The second-order valence-corrected chi connectivity index (χ2v) is 10.00. The molecule has 0 saturated heterocycles. The van der Waals surface area contributed by atoms with Crippen LogP contribution in [-0.2, 0) is 19.7 Å². The Morgan fingerprint density at radius 1 is 1.31 bits per heavy atom. The van der Waals surface area contributed by atoms with Gasteiger partial charge in [-0.05, 0) is 55.5 Å². The molecule has 0 spiro atoms. The third kappa shape index (κ3) is 3.70. The summed E-state index contributed by atoms with van der Waals surface area (Å²) >= 11 is 0. The number of aromatic nitrogens is 4. The Morgan fingerprint density at radius 2 is 2.06 bits per heavy atom. The van der Waals surface area contributed by atoms with E-state index in [4.69, 9.17) is 14.5 Å². The number of hydrogen-bond acceptors (Lipinski definition) is 5. The zero-order valence-electron chi connectivity index (χ0n) is 20.3. The third-order valence-corrected chi connectivity index (χ3v) is 7.27. The fourth-order valence-electron chi connectivity index (χ4n) is 5.65. The molecule has 1 saturated carbocycles. The number of nitrogens with zero attached hydrogens (tertiary/aromatic N) is 3. The first-order chi connectivity index (χ1) is 16.7. The number of methoxy groups -OCH3 is 2. The molecule has 3 heterocycles. The van der Waals surface area contributed by atoms with Crippen molar-refractivity contribution in [1.82, 2.24) is 19.7 Å². The van der Waals surface area contributed by atoms with Gasteiger partial charge in [0, 0.05) is 42.0 Å². The van der Waals surface area contributed by atoms with Crippen LogP contribution < -0.4 is 0 Å². The fourth-order valence-corrected chi connectivity index (χ4v) is 5.65. The molecule has 2 atom stereocenters. The first-order valence-electron chi connectivity index (χ1n) is 11.6. The van der Waals surface area contributed by atoms with Gasteiger partial charge in [0.05, 0.1) is 23.8 Å². The molecule has 0 bridgehead atoms. The smallest absolute Gasteiger partial charge is 0.335 e. The third-order valence-electron chi connectivity index (χ3n) is 7.27. The normalized spacial score (nSPS) is 20.8. The molecule has 1 aromatic carbocycles. The van der Waals surface area contributed by atoms with Crippen molar-refractivity contribution < 1.29 is 23.8 Å². The summed E-state index contributed by atoms with van der Waals surface area (Å²) in [4.78, 5) is 17.1. The van der Waals surface area contributed by atoms with Crippen LogP contribution in [0, 0.1) is 5.82 Å². The predicted octanol–water partition coefficient (Wildman–Crippen LogP) is 4.70. The second-order valence-electron chi connectivity index (χ2n) is 10.00. The molecule has 1 fully saturated rings. The molecule has 1 aliphatic carbocycles. The van der Waals surface area contributed by atoms with E-state index in [1.807, 2.05) is 6.07 Å². The molecule has 3 aromatic heterocycles. The minimum Gasteiger partial charge on any atom is -0.479 e. The van der Waals surface area contributed by atoms with E-state index < -0.39 is 17.0 Å². The molecule has 1 unspecified atom stereocenters. The molecule has 8 nitrogen and oxygen atoms in total. The number of halogens is 1. The number of nitrogens with one attached hydrogen (secondary N) is 1. The van der Waals surface area contributed by atoms with Gasteiger partial charge in [-0.15, -0.1) is 0 Å². The first kappa shape index (κ1) is 23.4. The lowest BCUT2D eigenvalue weighted by Crippen LogP contribution is -2.38. The number of H-pyrrole nitrogens is 1. The summed E-state index contributed by atoms with van der Waals surface area (Å²) < 4.78 is 27.1. The highest BCUT2D eigenvalue weighted by atomic mass is 19.1.